The highest BCUT2D eigenvalue weighted by Crippen LogP contribution is 2.24. The zero-order chi connectivity index (χ0) is 20.8. The number of amides is 1. The van der Waals surface area contributed by atoms with Gasteiger partial charge < -0.3 is 14.8 Å². The Balaban J connectivity index is 1.53. The highest BCUT2D eigenvalue weighted by molar-refractivity contribution is 7.18. The number of ether oxygens (including phenoxy) is 1. The fourth-order valence-electron chi connectivity index (χ4n) is 2.71. The number of nitrogens with zero attached hydrogens (tertiary/aromatic N) is 1. The van der Waals surface area contributed by atoms with Gasteiger partial charge in [0, 0.05) is 18.5 Å². The number of benzene rings is 2. The molecule has 6 nitrogen and oxygen atoms in total. The minimum atomic E-state index is -0.933. The van der Waals surface area contributed by atoms with Gasteiger partial charge in [-0.25, -0.2) is 4.98 Å². The minimum Gasteiger partial charge on any atom is -0.453 e. The summed E-state index contributed by atoms with van der Waals surface area (Å²) in [5, 5.41) is 3.76. The normalized spacial score (nSPS) is 11.8. The van der Waals surface area contributed by atoms with E-state index >= 15 is 0 Å². The standard InChI is InChI=1S/C22H22N2O4S/c1-14(25)7-12-21(26)28-15(2)22(27)23-17-10-8-16(9-11-17)13-20-24-18-5-3-4-6-19(18)29-20/h3-6,8-11,15H,7,12-13H2,1-2H3,(H,23,27)/t15-/m1/s1. The summed E-state index contributed by atoms with van der Waals surface area (Å²) in [6.45, 7) is 2.91. The molecule has 0 saturated heterocycles. The Labute approximate surface area is 172 Å². The monoisotopic (exact) mass is 410 g/mol. The first-order chi connectivity index (χ1) is 13.9. The number of fused-ring (bicyclic) bond motifs is 1. The molecule has 0 bridgehead atoms. The Morgan fingerprint density at radius 3 is 2.48 bits per heavy atom. The second-order valence-electron chi connectivity index (χ2n) is 6.77. The molecule has 0 unspecified atom stereocenters. The van der Waals surface area contributed by atoms with Crippen LogP contribution in [0.4, 0.5) is 5.69 Å². The molecule has 1 heterocycles. The van der Waals surface area contributed by atoms with Crippen molar-refractivity contribution < 1.29 is 19.1 Å². The quantitative estimate of drug-likeness (QED) is 0.565. The number of hydrogen-bond donors (Lipinski definition) is 1. The zero-order valence-corrected chi connectivity index (χ0v) is 17.1. The first kappa shape index (κ1) is 20.7. The average Bonchev–Trinajstić information content (AvgIpc) is 3.10. The van der Waals surface area contributed by atoms with Gasteiger partial charge >= 0.3 is 5.97 Å². The number of thiazole rings is 1. The summed E-state index contributed by atoms with van der Waals surface area (Å²) >= 11 is 1.67. The molecule has 29 heavy (non-hydrogen) atoms. The van der Waals surface area contributed by atoms with Crippen molar-refractivity contribution in [2.24, 2.45) is 0 Å². The maximum absolute atomic E-state index is 12.2. The third-order valence-corrected chi connectivity index (χ3v) is 5.31. The first-order valence-corrected chi connectivity index (χ1v) is 10.2. The van der Waals surface area contributed by atoms with Gasteiger partial charge in [-0.3, -0.25) is 9.59 Å². The Bertz CT molecular complexity index is 994. The number of anilines is 1. The van der Waals surface area contributed by atoms with Crippen LogP contribution < -0.4 is 5.32 Å². The van der Waals surface area contributed by atoms with E-state index in [0.29, 0.717) is 5.69 Å². The molecular weight excluding hydrogens is 388 g/mol. The van der Waals surface area contributed by atoms with E-state index in [-0.39, 0.29) is 18.6 Å². The van der Waals surface area contributed by atoms with Crippen LogP contribution in [0.2, 0.25) is 0 Å². The van der Waals surface area contributed by atoms with E-state index in [9.17, 15) is 14.4 Å². The van der Waals surface area contributed by atoms with Gasteiger partial charge in [0.15, 0.2) is 6.10 Å². The van der Waals surface area contributed by atoms with Gasteiger partial charge in [0.05, 0.1) is 21.6 Å². The van der Waals surface area contributed by atoms with Crippen LogP contribution in [0, 0.1) is 0 Å². The van der Waals surface area contributed by atoms with Crippen LogP contribution in [0.15, 0.2) is 48.5 Å². The lowest BCUT2D eigenvalue weighted by molar-refractivity contribution is -0.153. The molecule has 0 spiro atoms. The highest BCUT2D eigenvalue weighted by Gasteiger charge is 2.18. The summed E-state index contributed by atoms with van der Waals surface area (Å²) in [5.74, 6) is -1.07. The van der Waals surface area contributed by atoms with E-state index in [2.05, 4.69) is 16.4 Å². The fourth-order valence-corrected chi connectivity index (χ4v) is 3.71. The van der Waals surface area contributed by atoms with E-state index in [1.54, 1.807) is 11.3 Å². The van der Waals surface area contributed by atoms with Crippen molar-refractivity contribution in [2.75, 3.05) is 5.32 Å². The number of carbonyl (C=O) groups excluding carboxylic acids is 3. The summed E-state index contributed by atoms with van der Waals surface area (Å²) in [4.78, 5) is 39.4. The Hall–Kier alpha value is -3.06. The summed E-state index contributed by atoms with van der Waals surface area (Å²) in [6, 6.07) is 15.5. The molecule has 1 atom stereocenters. The molecule has 1 N–H and O–H groups in total. The van der Waals surface area contributed by atoms with E-state index in [4.69, 9.17) is 4.74 Å². The Kier molecular flexibility index (Phi) is 6.72. The molecular formula is C22H22N2O4S. The first-order valence-electron chi connectivity index (χ1n) is 9.34. The largest absolute Gasteiger partial charge is 0.453 e. The molecule has 3 rings (SSSR count). The molecule has 0 fully saturated rings. The lowest BCUT2D eigenvalue weighted by atomic mass is 10.1. The van der Waals surface area contributed by atoms with Crippen molar-refractivity contribution in [1.82, 2.24) is 4.98 Å². The molecule has 0 radical (unpaired) electrons. The maximum atomic E-state index is 12.2. The van der Waals surface area contributed by atoms with Crippen molar-refractivity contribution in [3.8, 4) is 0 Å². The molecule has 7 heteroatoms. The summed E-state index contributed by atoms with van der Waals surface area (Å²) in [7, 11) is 0. The van der Waals surface area contributed by atoms with Crippen molar-refractivity contribution in [2.45, 2.75) is 39.2 Å². The number of esters is 1. The van der Waals surface area contributed by atoms with E-state index < -0.39 is 18.0 Å². The van der Waals surface area contributed by atoms with E-state index in [1.165, 1.54) is 18.5 Å². The average molecular weight is 410 g/mol. The third-order valence-electron chi connectivity index (χ3n) is 4.27. The summed E-state index contributed by atoms with van der Waals surface area (Å²) < 4.78 is 6.22. The molecule has 2 aromatic carbocycles. The van der Waals surface area contributed by atoms with E-state index in [1.807, 2.05) is 42.5 Å². The Morgan fingerprint density at radius 1 is 1.07 bits per heavy atom. The number of ketones is 1. The molecule has 0 aliphatic rings. The predicted molar refractivity (Wildman–Crippen MR) is 113 cm³/mol. The number of nitrogens with one attached hydrogen (secondary N) is 1. The van der Waals surface area contributed by atoms with Gasteiger partial charge in [0.25, 0.3) is 5.91 Å². The summed E-state index contributed by atoms with van der Waals surface area (Å²) in [6.07, 6.45) is -0.120. The van der Waals surface area contributed by atoms with Crippen LogP contribution in [0.5, 0.6) is 0 Å². The van der Waals surface area contributed by atoms with Gasteiger partial charge in [0.1, 0.15) is 5.78 Å². The molecule has 150 valence electrons. The molecule has 1 amide bonds. The van der Waals surface area contributed by atoms with Crippen molar-refractivity contribution in [3.05, 3.63) is 59.1 Å². The lowest BCUT2D eigenvalue weighted by Crippen LogP contribution is -2.30. The van der Waals surface area contributed by atoms with Crippen LogP contribution in [-0.2, 0) is 25.5 Å². The number of rotatable bonds is 8. The summed E-state index contributed by atoms with van der Waals surface area (Å²) in [5.41, 5.74) is 2.71. The Morgan fingerprint density at radius 2 is 1.79 bits per heavy atom. The number of carbonyl (C=O) groups is 3. The number of Topliss-reactive ketones (excluding diaryl/α,β-unsaturated/α-hetero) is 1. The van der Waals surface area contributed by atoms with E-state index in [0.717, 1.165) is 22.5 Å². The second-order valence-corrected chi connectivity index (χ2v) is 7.89. The van der Waals surface area contributed by atoms with Crippen LogP contribution in [-0.4, -0.2) is 28.7 Å². The molecule has 1 aromatic heterocycles. The molecule has 0 aliphatic carbocycles. The maximum Gasteiger partial charge on any atom is 0.307 e. The number of aromatic nitrogens is 1. The topological polar surface area (TPSA) is 85.4 Å². The highest BCUT2D eigenvalue weighted by atomic mass is 32.1. The zero-order valence-electron chi connectivity index (χ0n) is 16.3. The van der Waals surface area contributed by atoms with Crippen molar-refractivity contribution in [1.29, 1.82) is 0 Å². The SMILES string of the molecule is CC(=O)CCC(=O)O[C@H](C)C(=O)Nc1ccc(Cc2nc3ccccc3s2)cc1. The van der Waals surface area contributed by atoms with Gasteiger partial charge in [-0.2, -0.15) is 0 Å². The van der Waals surface area contributed by atoms with Gasteiger partial charge in [-0.05, 0) is 43.7 Å². The van der Waals surface area contributed by atoms with Crippen LogP contribution in [0.25, 0.3) is 10.2 Å². The second kappa shape index (κ2) is 9.43. The smallest absolute Gasteiger partial charge is 0.307 e. The molecule has 3 aromatic rings. The van der Waals surface area contributed by atoms with Gasteiger partial charge in [-0.1, -0.05) is 24.3 Å². The molecule has 0 saturated carbocycles. The molecule has 0 aliphatic heterocycles. The predicted octanol–water partition coefficient (Wildman–Crippen LogP) is 4.13. The van der Waals surface area contributed by atoms with Crippen molar-refractivity contribution >= 4 is 44.9 Å². The number of hydrogen-bond acceptors (Lipinski definition) is 6. The lowest BCUT2D eigenvalue weighted by Gasteiger charge is -2.13. The van der Waals surface area contributed by atoms with Crippen LogP contribution >= 0.6 is 11.3 Å². The third kappa shape index (κ3) is 5.96. The minimum absolute atomic E-state index is 0.0204. The van der Waals surface area contributed by atoms with Gasteiger partial charge in [0.2, 0.25) is 0 Å². The fraction of sp³-hybridized carbons (Fsp3) is 0.273. The van der Waals surface area contributed by atoms with Crippen LogP contribution in [0.1, 0.15) is 37.3 Å². The number of para-hydroxylation sites is 1. The van der Waals surface area contributed by atoms with Crippen molar-refractivity contribution in [3.63, 3.8) is 0 Å². The van der Waals surface area contributed by atoms with Gasteiger partial charge in [-0.15, -0.1) is 11.3 Å². The van der Waals surface area contributed by atoms with Crippen LogP contribution in [0.3, 0.4) is 0 Å².